The topological polar surface area (TPSA) is 71.9 Å². The molecular formula is C18H24N4O2. The number of H-pyrrole nitrogens is 1. The fraction of sp³-hybridized carbons (Fsp3) is 0.556. The number of carbonyl (C=O) groups is 1. The summed E-state index contributed by atoms with van der Waals surface area (Å²) in [6.45, 7) is 5.21. The third-order valence-corrected chi connectivity index (χ3v) is 5.62. The maximum absolute atomic E-state index is 12.9. The molecule has 24 heavy (non-hydrogen) atoms. The molecule has 3 unspecified atom stereocenters. The molecule has 1 aliphatic carbocycles. The molecule has 0 radical (unpaired) electrons. The van der Waals surface area contributed by atoms with Crippen LogP contribution in [0.4, 0.5) is 0 Å². The van der Waals surface area contributed by atoms with Crippen molar-refractivity contribution in [3.05, 3.63) is 30.4 Å². The van der Waals surface area contributed by atoms with Crippen LogP contribution in [0.5, 0.6) is 0 Å². The van der Waals surface area contributed by atoms with Crippen LogP contribution in [-0.4, -0.2) is 39.4 Å². The first-order valence-electron chi connectivity index (χ1n) is 8.57. The molecule has 3 heterocycles. The number of fused-ring (bicyclic) bond motifs is 1. The van der Waals surface area contributed by atoms with Gasteiger partial charge in [0.2, 0.25) is 0 Å². The number of ether oxygens (including phenoxy) is 1. The average Bonchev–Trinajstić information content (AvgIpc) is 3.21. The molecule has 4 rings (SSSR count). The predicted molar refractivity (Wildman–Crippen MR) is 90.5 cm³/mol. The Bertz CT molecular complexity index is 761. The van der Waals surface area contributed by atoms with Crippen molar-refractivity contribution in [2.24, 2.45) is 18.4 Å². The highest BCUT2D eigenvalue weighted by atomic mass is 16.5. The Morgan fingerprint density at radius 2 is 2.29 bits per heavy atom. The number of aromatic nitrogens is 3. The lowest BCUT2D eigenvalue weighted by molar-refractivity contribution is -0.189. The minimum Gasteiger partial charge on any atom is -0.377 e. The number of hydrogen-bond donors (Lipinski definition) is 2. The average molecular weight is 328 g/mol. The summed E-state index contributed by atoms with van der Waals surface area (Å²) >= 11 is 0. The lowest BCUT2D eigenvalue weighted by Crippen LogP contribution is -2.70. The summed E-state index contributed by atoms with van der Waals surface area (Å²) in [4.78, 5) is 15.9. The van der Waals surface area contributed by atoms with Crippen molar-refractivity contribution >= 4 is 5.91 Å². The van der Waals surface area contributed by atoms with E-state index in [2.05, 4.69) is 29.2 Å². The summed E-state index contributed by atoms with van der Waals surface area (Å²) in [5.41, 5.74) is 2.47. The summed E-state index contributed by atoms with van der Waals surface area (Å²) in [7, 11) is 1.87. The highest BCUT2D eigenvalue weighted by Crippen LogP contribution is 2.51. The van der Waals surface area contributed by atoms with E-state index in [4.69, 9.17) is 4.74 Å². The van der Waals surface area contributed by atoms with E-state index in [9.17, 15) is 4.79 Å². The molecule has 0 spiro atoms. The van der Waals surface area contributed by atoms with Crippen molar-refractivity contribution in [3.63, 3.8) is 0 Å². The SMILES string of the molecule is Cn1cc(-c2c[nH]cc2C(=O)NC2C3CCCOC3C2(C)C)cn1. The lowest BCUT2D eigenvalue weighted by atomic mass is 9.55. The Labute approximate surface area is 141 Å². The third-order valence-electron chi connectivity index (χ3n) is 5.62. The van der Waals surface area contributed by atoms with Crippen molar-refractivity contribution in [2.45, 2.75) is 38.8 Å². The molecule has 2 aromatic rings. The summed E-state index contributed by atoms with van der Waals surface area (Å²) in [6, 6.07) is 0.159. The van der Waals surface area contributed by atoms with Crippen LogP contribution in [0, 0.1) is 11.3 Å². The van der Waals surface area contributed by atoms with Crippen molar-refractivity contribution in [3.8, 4) is 11.1 Å². The molecule has 6 heteroatoms. The van der Waals surface area contributed by atoms with E-state index in [0.717, 1.165) is 30.6 Å². The van der Waals surface area contributed by atoms with Crippen LogP contribution in [0.2, 0.25) is 0 Å². The summed E-state index contributed by atoms with van der Waals surface area (Å²) < 4.78 is 7.66. The first-order valence-corrected chi connectivity index (χ1v) is 8.57. The molecule has 6 nitrogen and oxygen atoms in total. The molecule has 1 saturated carbocycles. The maximum atomic E-state index is 12.9. The van der Waals surface area contributed by atoms with Gasteiger partial charge in [-0.15, -0.1) is 0 Å². The van der Waals surface area contributed by atoms with E-state index >= 15 is 0 Å². The molecule has 1 amide bonds. The molecule has 1 aliphatic heterocycles. The van der Waals surface area contributed by atoms with E-state index in [1.54, 1.807) is 17.1 Å². The molecule has 2 fully saturated rings. The first-order chi connectivity index (χ1) is 11.5. The number of aryl methyl sites for hydroxylation is 1. The van der Waals surface area contributed by atoms with Crippen LogP contribution in [0.3, 0.4) is 0 Å². The predicted octanol–water partition coefficient (Wildman–Crippen LogP) is 2.35. The number of nitrogens with one attached hydrogen (secondary N) is 2. The fourth-order valence-corrected chi connectivity index (χ4v) is 4.39. The lowest BCUT2D eigenvalue weighted by Gasteiger charge is -2.59. The highest BCUT2D eigenvalue weighted by Gasteiger charge is 2.58. The van der Waals surface area contributed by atoms with Gasteiger partial charge in [-0.1, -0.05) is 13.8 Å². The van der Waals surface area contributed by atoms with Crippen LogP contribution in [0.25, 0.3) is 11.1 Å². The number of amides is 1. The highest BCUT2D eigenvalue weighted by molar-refractivity contribution is 6.01. The number of hydrogen-bond acceptors (Lipinski definition) is 3. The van der Waals surface area contributed by atoms with Crippen molar-refractivity contribution in [1.82, 2.24) is 20.1 Å². The Hall–Kier alpha value is -2.08. The van der Waals surface area contributed by atoms with Gasteiger partial charge in [0, 0.05) is 60.7 Å². The van der Waals surface area contributed by atoms with Gasteiger partial charge in [-0.2, -0.15) is 5.10 Å². The van der Waals surface area contributed by atoms with Crippen LogP contribution in [0.15, 0.2) is 24.8 Å². The van der Waals surface area contributed by atoms with Crippen molar-refractivity contribution in [2.75, 3.05) is 6.61 Å². The van der Waals surface area contributed by atoms with Crippen LogP contribution in [0.1, 0.15) is 37.0 Å². The monoisotopic (exact) mass is 328 g/mol. The molecule has 3 atom stereocenters. The second kappa shape index (κ2) is 5.48. The minimum absolute atomic E-state index is 0.0223. The Balaban J connectivity index is 1.54. The summed E-state index contributed by atoms with van der Waals surface area (Å²) in [6.07, 6.45) is 9.77. The maximum Gasteiger partial charge on any atom is 0.253 e. The van der Waals surface area contributed by atoms with Gasteiger partial charge in [0.1, 0.15) is 0 Å². The van der Waals surface area contributed by atoms with E-state index in [1.165, 1.54) is 0 Å². The van der Waals surface area contributed by atoms with E-state index in [0.29, 0.717) is 11.5 Å². The van der Waals surface area contributed by atoms with Gasteiger partial charge in [-0.3, -0.25) is 9.48 Å². The van der Waals surface area contributed by atoms with Gasteiger partial charge in [0.05, 0.1) is 17.9 Å². The number of carbonyl (C=O) groups excluding carboxylic acids is 1. The number of aromatic amines is 1. The van der Waals surface area contributed by atoms with Gasteiger partial charge in [0.25, 0.3) is 5.91 Å². The number of nitrogens with zero attached hydrogens (tertiary/aromatic N) is 2. The zero-order valence-corrected chi connectivity index (χ0v) is 14.4. The molecule has 2 aliphatic rings. The van der Waals surface area contributed by atoms with E-state index < -0.39 is 0 Å². The Morgan fingerprint density at radius 1 is 1.46 bits per heavy atom. The van der Waals surface area contributed by atoms with Crippen molar-refractivity contribution < 1.29 is 9.53 Å². The molecule has 2 N–H and O–H groups in total. The zero-order valence-electron chi connectivity index (χ0n) is 14.4. The van der Waals surface area contributed by atoms with Crippen molar-refractivity contribution in [1.29, 1.82) is 0 Å². The van der Waals surface area contributed by atoms with Gasteiger partial charge in [-0.05, 0) is 12.8 Å². The summed E-state index contributed by atoms with van der Waals surface area (Å²) in [5, 5.41) is 7.45. The molecule has 0 aromatic carbocycles. The molecule has 1 saturated heterocycles. The normalized spacial score (nSPS) is 28.0. The molecule has 0 bridgehead atoms. The quantitative estimate of drug-likeness (QED) is 0.908. The van der Waals surface area contributed by atoms with Crippen LogP contribution >= 0.6 is 0 Å². The largest absolute Gasteiger partial charge is 0.377 e. The second-order valence-electron chi connectivity index (χ2n) is 7.56. The van der Waals surface area contributed by atoms with Crippen LogP contribution < -0.4 is 5.32 Å². The third kappa shape index (κ3) is 2.28. The summed E-state index contributed by atoms with van der Waals surface area (Å²) in [5.74, 6) is 0.399. The zero-order chi connectivity index (χ0) is 16.9. The molecule has 2 aromatic heterocycles. The van der Waals surface area contributed by atoms with E-state index in [1.807, 2.05) is 19.4 Å². The first kappa shape index (κ1) is 15.4. The Kier molecular flexibility index (Phi) is 3.53. The standard InChI is InChI=1S/C18H24N4O2/c1-18(2)15(12-5-4-6-24-16(12)18)21-17(23)14-9-19-8-13(14)11-7-20-22(3)10-11/h7-10,12,15-16,19H,4-6H2,1-3H3,(H,21,23). The second-order valence-corrected chi connectivity index (χ2v) is 7.56. The molecular weight excluding hydrogens is 304 g/mol. The van der Waals surface area contributed by atoms with Gasteiger partial charge in [0.15, 0.2) is 0 Å². The molecule has 128 valence electrons. The van der Waals surface area contributed by atoms with E-state index in [-0.39, 0.29) is 23.5 Å². The number of rotatable bonds is 3. The van der Waals surface area contributed by atoms with Crippen LogP contribution in [-0.2, 0) is 11.8 Å². The van der Waals surface area contributed by atoms with Gasteiger partial charge < -0.3 is 15.0 Å². The fourth-order valence-electron chi connectivity index (χ4n) is 4.39. The Morgan fingerprint density at radius 3 is 3.04 bits per heavy atom. The minimum atomic E-state index is -0.0304. The smallest absolute Gasteiger partial charge is 0.253 e. The van der Waals surface area contributed by atoms with Gasteiger partial charge >= 0.3 is 0 Å². The van der Waals surface area contributed by atoms with Gasteiger partial charge in [-0.25, -0.2) is 0 Å².